The van der Waals surface area contributed by atoms with Crippen LogP contribution in [0, 0.1) is 0 Å². The second kappa shape index (κ2) is 10.5. The first kappa shape index (κ1) is 21.5. The Kier molecular flexibility index (Phi) is 8.05. The van der Waals surface area contributed by atoms with Crippen molar-refractivity contribution in [1.82, 2.24) is 0 Å². The molecular weight excluding hydrogens is 354 g/mol. The van der Waals surface area contributed by atoms with E-state index in [0.29, 0.717) is 17.9 Å². The molecule has 0 aromatic heterocycles. The van der Waals surface area contributed by atoms with Gasteiger partial charge in [-0.15, -0.1) is 0 Å². The Morgan fingerprint density at radius 1 is 0.964 bits per heavy atom. The van der Waals surface area contributed by atoms with Gasteiger partial charge in [-0.25, -0.2) is 4.79 Å². The zero-order valence-corrected chi connectivity index (χ0v) is 17.1. The summed E-state index contributed by atoms with van der Waals surface area (Å²) >= 11 is 0. The number of aryl methyl sites for hydroxylation is 2. The van der Waals surface area contributed by atoms with E-state index in [-0.39, 0.29) is 5.91 Å². The Hall–Kier alpha value is -2.82. The lowest BCUT2D eigenvalue weighted by Crippen LogP contribution is -2.26. The van der Waals surface area contributed by atoms with E-state index in [1.165, 1.54) is 0 Å². The second-order valence-corrected chi connectivity index (χ2v) is 6.56. The number of para-hydroxylation sites is 1. The van der Waals surface area contributed by atoms with Gasteiger partial charge >= 0.3 is 5.97 Å². The Bertz CT molecular complexity index is 776. The lowest BCUT2D eigenvalue weighted by molar-refractivity contribution is -0.151. The van der Waals surface area contributed by atoms with Crippen LogP contribution in [-0.2, 0) is 22.4 Å². The highest BCUT2D eigenvalue weighted by Gasteiger charge is 2.17. The maximum atomic E-state index is 12.7. The molecule has 1 N–H and O–H groups in total. The van der Waals surface area contributed by atoms with Crippen molar-refractivity contribution >= 4 is 17.6 Å². The quantitative estimate of drug-likeness (QED) is 0.633. The first-order chi connectivity index (χ1) is 13.5. The SMILES string of the molecule is CCCOC(=O)C(C)Oc1ccc(C(=O)Nc2c(CC)cccc2CC)cc1. The van der Waals surface area contributed by atoms with E-state index in [0.717, 1.165) is 36.1 Å². The van der Waals surface area contributed by atoms with Crippen LogP contribution in [0.2, 0.25) is 0 Å². The molecule has 0 saturated carbocycles. The smallest absolute Gasteiger partial charge is 0.347 e. The van der Waals surface area contributed by atoms with Gasteiger partial charge in [-0.1, -0.05) is 39.0 Å². The van der Waals surface area contributed by atoms with Gasteiger partial charge in [-0.3, -0.25) is 4.79 Å². The van der Waals surface area contributed by atoms with E-state index >= 15 is 0 Å². The number of carbonyl (C=O) groups is 2. The molecule has 2 aromatic carbocycles. The number of hydrogen-bond acceptors (Lipinski definition) is 4. The number of benzene rings is 2. The molecule has 150 valence electrons. The fourth-order valence-electron chi connectivity index (χ4n) is 2.85. The van der Waals surface area contributed by atoms with Crippen LogP contribution in [0.25, 0.3) is 0 Å². The summed E-state index contributed by atoms with van der Waals surface area (Å²) in [5.41, 5.74) is 3.66. The van der Waals surface area contributed by atoms with Gasteiger partial charge in [0.1, 0.15) is 5.75 Å². The fourth-order valence-corrected chi connectivity index (χ4v) is 2.85. The maximum Gasteiger partial charge on any atom is 0.347 e. The molecule has 1 atom stereocenters. The molecule has 0 fully saturated rings. The molecule has 1 unspecified atom stereocenters. The van der Waals surface area contributed by atoms with Crippen molar-refractivity contribution in [2.24, 2.45) is 0 Å². The number of ether oxygens (including phenoxy) is 2. The van der Waals surface area contributed by atoms with Crippen molar-refractivity contribution in [2.75, 3.05) is 11.9 Å². The summed E-state index contributed by atoms with van der Waals surface area (Å²) in [5.74, 6) is -0.0507. The molecule has 5 nitrogen and oxygen atoms in total. The van der Waals surface area contributed by atoms with Gasteiger partial charge in [0.25, 0.3) is 5.91 Å². The van der Waals surface area contributed by atoms with Gasteiger partial charge in [0.05, 0.1) is 6.61 Å². The Balaban J connectivity index is 2.06. The van der Waals surface area contributed by atoms with E-state index < -0.39 is 12.1 Å². The van der Waals surface area contributed by atoms with Crippen molar-refractivity contribution in [3.8, 4) is 5.75 Å². The zero-order chi connectivity index (χ0) is 20.5. The normalized spacial score (nSPS) is 11.6. The molecule has 0 bridgehead atoms. The van der Waals surface area contributed by atoms with E-state index in [1.54, 1.807) is 31.2 Å². The van der Waals surface area contributed by atoms with Crippen LogP contribution in [0.3, 0.4) is 0 Å². The van der Waals surface area contributed by atoms with Gasteiger partial charge in [0, 0.05) is 11.3 Å². The summed E-state index contributed by atoms with van der Waals surface area (Å²) < 4.78 is 10.7. The summed E-state index contributed by atoms with van der Waals surface area (Å²) in [6.45, 7) is 8.11. The summed E-state index contributed by atoms with van der Waals surface area (Å²) in [6, 6.07) is 12.8. The van der Waals surface area contributed by atoms with Crippen LogP contribution in [0.4, 0.5) is 5.69 Å². The highest BCUT2D eigenvalue weighted by Crippen LogP contribution is 2.24. The molecule has 0 aliphatic rings. The van der Waals surface area contributed by atoms with Gasteiger partial charge in [-0.05, 0) is 61.6 Å². The third-order valence-electron chi connectivity index (χ3n) is 4.45. The first-order valence-corrected chi connectivity index (χ1v) is 9.85. The van der Waals surface area contributed by atoms with E-state index in [9.17, 15) is 9.59 Å². The topological polar surface area (TPSA) is 64.6 Å². The van der Waals surface area contributed by atoms with Crippen LogP contribution in [0.1, 0.15) is 55.6 Å². The van der Waals surface area contributed by atoms with E-state index in [2.05, 4.69) is 19.2 Å². The molecule has 5 heteroatoms. The van der Waals surface area contributed by atoms with Gasteiger partial charge in [0.15, 0.2) is 6.10 Å². The number of hydrogen-bond donors (Lipinski definition) is 1. The van der Waals surface area contributed by atoms with Gasteiger partial charge in [0.2, 0.25) is 0 Å². The zero-order valence-electron chi connectivity index (χ0n) is 17.1. The predicted molar refractivity (Wildman–Crippen MR) is 111 cm³/mol. The summed E-state index contributed by atoms with van der Waals surface area (Å²) in [5, 5.41) is 3.05. The molecular formula is C23H29NO4. The number of anilines is 1. The van der Waals surface area contributed by atoms with Crippen molar-refractivity contribution in [1.29, 1.82) is 0 Å². The molecule has 0 aliphatic carbocycles. The number of carbonyl (C=O) groups excluding carboxylic acids is 2. The molecule has 28 heavy (non-hydrogen) atoms. The van der Waals surface area contributed by atoms with Crippen LogP contribution in [0.5, 0.6) is 5.75 Å². The number of esters is 1. The van der Waals surface area contributed by atoms with Gasteiger partial charge < -0.3 is 14.8 Å². The third-order valence-corrected chi connectivity index (χ3v) is 4.45. The largest absolute Gasteiger partial charge is 0.479 e. The number of rotatable bonds is 9. The molecule has 2 rings (SSSR count). The summed E-state index contributed by atoms with van der Waals surface area (Å²) in [4.78, 5) is 24.5. The molecule has 0 heterocycles. The summed E-state index contributed by atoms with van der Waals surface area (Å²) in [7, 11) is 0. The van der Waals surface area contributed by atoms with Crippen LogP contribution >= 0.6 is 0 Å². The minimum Gasteiger partial charge on any atom is -0.479 e. The second-order valence-electron chi connectivity index (χ2n) is 6.56. The first-order valence-electron chi connectivity index (χ1n) is 9.85. The monoisotopic (exact) mass is 383 g/mol. The minimum atomic E-state index is -0.699. The lowest BCUT2D eigenvalue weighted by atomic mass is 10.0. The Labute approximate surface area is 167 Å². The highest BCUT2D eigenvalue weighted by molar-refractivity contribution is 6.05. The lowest BCUT2D eigenvalue weighted by Gasteiger charge is -2.15. The highest BCUT2D eigenvalue weighted by atomic mass is 16.6. The molecule has 0 spiro atoms. The molecule has 0 radical (unpaired) electrons. The average molecular weight is 383 g/mol. The molecule has 0 saturated heterocycles. The van der Waals surface area contributed by atoms with Gasteiger partial charge in [-0.2, -0.15) is 0 Å². The third kappa shape index (κ3) is 5.59. The van der Waals surface area contributed by atoms with Crippen LogP contribution in [-0.4, -0.2) is 24.6 Å². The number of nitrogens with one attached hydrogen (secondary N) is 1. The fraction of sp³-hybridized carbons (Fsp3) is 0.391. The molecule has 2 aromatic rings. The van der Waals surface area contributed by atoms with Crippen LogP contribution in [0.15, 0.2) is 42.5 Å². The predicted octanol–water partition coefficient (Wildman–Crippen LogP) is 4.78. The van der Waals surface area contributed by atoms with Crippen molar-refractivity contribution in [2.45, 2.75) is 53.1 Å². The standard InChI is InChI=1S/C23H29NO4/c1-5-15-27-23(26)16(4)28-20-13-11-19(12-14-20)22(25)24-21-17(6-2)9-8-10-18(21)7-3/h8-14,16H,5-7,15H2,1-4H3,(H,24,25). The average Bonchev–Trinajstić information content (AvgIpc) is 2.72. The Morgan fingerprint density at radius 2 is 1.57 bits per heavy atom. The van der Waals surface area contributed by atoms with Crippen molar-refractivity contribution < 1.29 is 19.1 Å². The summed E-state index contributed by atoms with van der Waals surface area (Å²) in [6.07, 6.45) is 1.77. The molecule has 0 aliphatic heterocycles. The van der Waals surface area contributed by atoms with Crippen molar-refractivity contribution in [3.63, 3.8) is 0 Å². The van der Waals surface area contributed by atoms with Crippen molar-refractivity contribution in [3.05, 3.63) is 59.2 Å². The van der Waals surface area contributed by atoms with E-state index in [4.69, 9.17) is 9.47 Å². The minimum absolute atomic E-state index is 0.169. The van der Waals surface area contributed by atoms with E-state index in [1.807, 2.05) is 25.1 Å². The Morgan fingerprint density at radius 3 is 2.11 bits per heavy atom. The maximum absolute atomic E-state index is 12.7. The van der Waals surface area contributed by atoms with Crippen LogP contribution < -0.4 is 10.1 Å². The number of amides is 1. The molecule has 1 amide bonds.